The number of fused-ring (bicyclic) bond motifs is 1. The second-order valence-corrected chi connectivity index (χ2v) is 8.29. The molecule has 3 nitrogen and oxygen atoms in total. The van der Waals surface area contributed by atoms with E-state index >= 15 is 0 Å². The highest BCUT2D eigenvalue weighted by atomic mass is 35.5. The zero-order valence-electron chi connectivity index (χ0n) is 13.5. The summed E-state index contributed by atoms with van der Waals surface area (Å²) < 4.78 is 13.4. The Morgan fingerprint density at radius 3 is 2.73 bits per heavy atom. The van der Waals surface area contributed by atoms with E-state index in [4.69, 9.17) is 28.9 Å². The molecule has 0 spiro atoms. The molecular formula is C16H18Cl4FN3S2. The summed E-state index contributed by atoms with van der Waals surface area (Å²) in [6.45, 7) is 0.278. The molecule has 0 aliphatic heterocycles. The van der Waals surface area contributed by atoms with Gasteiger partial charge in [0.15, 0.2) is 0 Å². The smallest absolute Gasteiger partial charge is 0.131 e. The predicted molar refractivity (Wildman–Crippen MR) is 118 cm³/mol. The SMILES string of the molecule is Cl.Cl.N[C@@H](CCF)Cc1sc2c(NCc3cccs3)cc(Cl)nc2c1Cl. The molecule has 0 aliphatic rings. The van der Waals surface area contributed by atoms with Crippen molar-refractivity contribution in [1.29, 1.82) is 0 Å². The lowest BCUT2D eigenvalue weighted by Crippen LogP contribution is -2.22. The first kappa shape index (κ1) is 23.7. The van der Waals surface area contributed by atoms with E-state index in [2.05, 4.69) is 16.4 Å². The van der Waals surface area contributed by atoms with Crippen molar-refractivity contribution in [2.75, 3.05) is 12.0 Å². The van der Waals surface area contributed by atoms with Gasteiger partial charge in [-0.15, -0.1) is 47.5 Å². The van der Waals surface area contributed by atoms with Crippen LogP contribution in [0.25, 0.3) is 10.2 Å². The van der Waals surface area contributed by atoms with E-state index in [0.29, 0.717) is 35.1 Å². The van der Waals surface area contributed by atoms with Crippen LogP contribution in [0.2, 0.25) is 10.2 Å². The molecule has 0 radical (unpaired) electrons. The van der Waals surface area contributed by atoms with Crippen molar-refractivity contribution >= 4 is 86.6 Å². The molecule has 0 saturated heterocycles. The summed E-state index contributed by atoms with van der Waals surface area (Å²) in [4.78, 5) is 6.49. The van der Waals surface area contributed by atoms with E-state index in [1.165, 1.54) is 16.2 Å². The minimum absolute atomic E-state index is 0. The summed E-state index contributed by atoms with van der Waals surface area (Å²) in [5.41, 5.74) is 7.52. The Morgan fingerprint density at radius 1 is 1.31 bits per heavy atom. The summed E-state index contributed by atoms with van der Waals surface area (Å²) in [5.74, 6) is 0. The fourth-order valence-corrected chi connectivity index (χ4v) is 4.83. The first-order chi connectivity index (χ1) is 11.6. The molecule has 3 heterocycles. The average molecular weight is 477 g/mol. The van der Waals surface area contributed by atoms with Gasteiger partial charge in [-0.3, -0.25) is 4.39 Å². The highest BCUT2D eigenvalue weighted by molar-refractivity contribution is 7.20. The third-order valence-electron chi connectivity index (χ3n) is 3.58. The number of thiophene rings is 2. The molecule has 144 valence electrons. The van der Waals surface area contributed by atoms with Crippen molar-refractivity contribution in [1.82, 2.24) is 4.98 Å². The number of nitrogens with two attached hydrogens (primary N) is 1. The molecule has 0 amide bonds. The van der Waals surface area contributed by atoms with Crippen LogP contribution in [0.5, 0.6) is 0 Å². The molecule has 0 aliphatic carbocycles. The molecule has 1 atom stereocenters. The van der Waals surface area contributed by atoms with E-state index in [1.807, 2.05) is 11.4 Å². The Morgan fingerprint density at radius 2 is 2.08 bits per heavy atom. The largest absolute Gasteiger partial charge is 0.379 e. The molecule has 3 aromatic rings. The fourth-order valence-electron chi connectivity index (χ4n) is 2.39. The number of hydrogen-bond donors (Lipinski definition) is 2. The van der Waals surface area contributed by atoms with Gasteiger partial charge in [-0.2, -0.15) is 0 Å². The average Bonchev–Trinajstić information content (AvgIpc) is 3.15. The molecule has 3 rings (SSSR count). The molecule has 26 heavy (non-hydrogen) atoms. The quantitative estimate of drug-likeness (QED) is 0.390. The van der Waals surface area contributed by atoms with Crippen LogP contribution in [0.4, 0.5) is 10.1 Å². The van der Waals surface area contributed by atoms with E-state index < -0.39 is 6.67 Å². The summed E-state index contributed by atoms with van der Waals surface area (Å²) in [6.07, 6.45) is 0.855. The topological polar surface area (TPSA) is 50.9 Å². The van der Waals surface area contributed by atoms with E-state index in [0.717, 1.165) is 15.3 Å². The second-order valence-electron chi connectivity index (χ2n) is 5.38. The maximum Gasteiger partial charge on any atom is 0.131 e. The van der Waals surface area contributed by atoms with Crippen molar-refractivity contribution in [3.63, 3.8) is 0 Å². The van der Waals surface area contributed by atoms with Crippen LogP contribution in [0.1, 0.15) is 16.2 Å². The number of aromatic nitrogens is 1. The van der Waals surface area contributed by atoms with Gasteiger partial charge in [0.05, 0.1) is 22.1 Å². The Hall–Kier alpha value is -0.340. The summed E-state index contributed by atoms with van der Waals surface area (Å²) in [5, 5.41) is 6.38. The van der Waals surface area contributed by atoms with Crippen LogP contribution in [-0.2, 0) is 13.0 Å². The first-order valence-corrected chi connectivity index (χ1v) is 9.89. The fraction of sp³-hybridized carbons (Fsp3) is 0.312. The molecule has 0 bridgehead atoms. The number of anilines is 1. The molecular weight excluding hydrogens is 459 g/mol. The van der Waals surface area contributed by atoms with Crippen molar-refractivity contribution < 1.29 is 4.39 Å². The predicted octanol–water partition coefficient (Wildman–Crippen LogP) is 6.35. The summed E-state index contributed by atoms with van der Waals surface area (Å²) in [6, 6.07) is 5.64. The zero-order chi connectivity index (χ0) is 17.1. The minimum Gasteiger partial charge on any atom is -0.379 e. The van der Waals surface area contributed by atoms with Crippen LogP contribution >= 0.6 is 70.7 Å². The minimum atomic E-state index is -0.429. The van der Waals surface area contributed by atoms with Crippen LogP contribution in [0.15, 0.2) is 23.6 Å². The number of halogens is 5. The van der Waals surface area contributed by atoms with Crippen LogP contribution in [0.3, 0.4) is 0 Å². The highest BCUT2D eigenvalue weighted by Crippen LogP contribution is 2.40. The van der Waals surface area contributed by atoms with Gasteiger partial charge < -0.3 is 11.1 Å². The number of hydrogen-bond acceptors (Lipinski definition) is 5. The third-order valence-corrected chi connectivity index (χ3v) is 6.40. The lowest BCUT2D eigenvalue weighted by Gasteiger charge is -2.07. The van der Waals surface area contributed by atoms with Gasteiger partial charge >= 0.3 is 0 Å². The van der Waals surface area contributed by atoms with Crippen molar-refractivity contribution in [2.45, 2.75) is 25.4 Å². The molecule has 0 saturated carbocycles. The normalized spacial score (nSPS) is 11.7. The standard InChI is InChI=1S/C16H16Cl2FN3S2.2ClH/c17-13-7-11(21-8-10-2-1-5-23-10)16-15(22-13)14(18)12(24-16)6-9(20)3-4-19;;/h1-2,5,7,9H,3-4,6,8,20H2,(H,21,22);2*1H/t9-;;/m0../s1. The van der Waals surface area contributed by atoms with Crippen LogP contribution in [0, 0.1) is 0 Å². The van der Waals surface area contributed by atoms with Crippen molar-refractivity contribution in [3.8, 4) is 0 Å². The lowest BCUT2D eigenvalue weighted by atomic mass is 10.1. The van der Waals surface area contributed by atoms with Crippen LogP contribution < -0.4 is 11.1 Å². The van der Waals surface area contributed by atoms with Gasteiger partial charge in [0, 0.05) is 28.4 Å². The maximum absolute atomic E-state index is 12.5. The van der Waals surface area contributed by atoms with Gasteiger partial charge in [0.25, 0.3) is 0 Å². The molecule has 10 heteroatoms. The Kier molecular flexibility index (Phi) is 9.90. The number of rotatable bonds is 7. The number of nitrogens with one attached hydrogen (secondary N) is 1. The lowest BCUT2D eigenvalue weighted by molar-refractivity contribution is 0.436. The highest BCUT2D eigenvalue weighted by Gasteiger charge is 2.18. The monoisotopic (exact) mass is 475 g/mol. The zero-order valence-corrected chi connectivity index (χ0v) is 18.3. The Labute approximate surface area is 181 Å². The van der Waals surface area contributed by atoms with E-state index in [-0.39, 0.29) is 30.9 Å². The van der Waals surface area contributed by atoms with Crippen molar-refractivity contribution in [2.24, 2.45) is 5.73 Å². The van der Waals surface area contributed by atoms with Gasteiger partial charge in [-0.1, -0.05) is 29.3 Å². The van der Waals surface area contributed by atoms with Crippen molar-refractivity contribution in [3.05, 3.63) is 43.5 Å². The van der Waals surface area contributed by atoms with Gasteiger partial charge in [-0.05, 0) is 24.3 Å². The molecule has 3 N–H and O–H groups in total. The number of pyridine rings is 1. The van der Waals surface area contributed by atoms with Crippen LogP contribution in [-0.4, -0.2) is 17.7 Å². The van der Waals surface area contributed by atoms with E-state index in [9.17, 15) is 4.39 Å². The third kappa shape index (κ3) is 5.58. The second kappa shape index (κ2) is 10.9. The summed E-state index contributed by atoms with van der Waals surface area (Å²) >= 11 is 15.8. The van der Waals surface area contributed by atoms with Gasteiger partial charge in [0.2, 0.25) is 0 Å². The summed E-state index contributed by atoms with van der Waals surface area (Å²) in [7, 11) is 0. The van der Waals surface area contributed by atoms with E-state index in [1.54, 1.807) is 17.4 Å². The number of alkyl halides is 1. The molecule has 0 aromatic carbocycles. The Bertz CT molecular complexity index is 827. The molecule has 0 unspecified atom stereocenters. The van der Waals surface area contributed by atoms with Gasteiger partial charge in [-0.25, -0.2) is 4.98 Å². The maximum atomic E-state index is 12.5. The molecule has 0 fully saturated rings. The number of nitrogens with zero attached hydrogens (tertiary/aromatic N) is 1. The molecule has 3 aromatic heterocycles. The van der Waals surface area contributed by atoms with Gasteiger partial charge in [0.1, 0.15) is 10.7 Å². The Balaban J connectivity index is 0.00000169. The first-order valence-electron chi connectivity index (χ1n) is 7.43.